The van der Waals surface area contributed by atoms with Crippen molar-refractivity contribution in [2.24, 2.45) is 0 Å². The van der Waals surface area contributed by atoms with E-state index in [0.29, 0.717) is 21.1 Å². The fourth-order valence-corrected chi connectivity index (χ4v) is 4.21. The van der Waals surface area contributed by atoms with Crippen molar-refractivity contribution < 1.29 is 4.74 Å². The molecule has 0 saturated heterocycles. The molecule has 0 bridgehead atoms. The van der Waals surface area contributed by atoms with Crippen LogP contribution in [-0.4, -0.2) is 21.1 Å². The summed E-state index contributed by atoms with van der Waals surface area (Å²) >= 11 is 0.516. The van der Waals surface area contributed by atoms with Crippen molar-refractivity contribution >= 4 is 19.4 Å². The number of hydrogen-bond acceptors (Lipinski definition) is 1. The zero-order valence-electron chi connectivity index (χ0n) is 10.4. The molecule has 2 aromatic carbocycles. The second kappa shape index (κ2) is 5.17. The SMILES string of the molecule is Cc1cccc2c1O[C@@H](C[Se]c1ccccc1)C2. The predicted molar refractivity (Wildman–Crippen MR) is 75.9 cm³/mol. The molecule has 92 valence electrons. The number of rotatable bonds is 3. The summed E-state index contributed by atoms with van der Waals surface area (Å²) in [6.45, 7) is 2.13. The molecular formula is C16H16OSe. The fraction of sp³-hybridized carbons (Fsp3) is 0.250. The zero-order chi connectivity index (χ0) is 12.4. The van der Waals surface area contributed by atoms with Gasteiger partial charge >= 0.3 is 114 Å². The third-order valence-electron chi connectivity index (χ3n) is 3.20. The molecule has 0 spiro atoms. The van der Waals surface area contributed by atoms with E-state index >= 15 is 0 Å². The maximum absolute atomic E-state index is 6.08. The van der Waals surface area contributed by atoms with Gasteiger partial charge in [0.2, 0.25) is 0 Å². The van der Waals surface area contributed by atoms with Gasteiger partial charge in [-0.3, -0.25) is 0 Å². The molecule has 0 N–H and O–H groups in total. The van der Waals surface area contributed by atoms with Crippen LogP contribution in [0.5, 0.6) is 5.75 Å². The molecule has 1 atom stereocenters. The summed E-state index contributed by atoms with van der Waals surface area (Å²) in [7, 11) is 0. The third-order valence-corrected chi connectivity index (χ3v) is 5.60. The quantitative estimate of drug-likeness (QED) is 0.792. The van der Waals surface area contributed by atoms with Crippen LogP contribution in [0.25, 0.3) is 0 Å². The molecule has 18 heavy (non-hydrogen) atoms. The summed E-state index contributed by atoms with van der Waals surface area (Å²) in [5.74, 6) is 1.13. The maximum atomic E-state index is 6.08. The van der Waals surface area contributed by atoms with Crippen LogP contribution in [0.2, 0.25) is 5.32 Å². The molecule has 3 rings (SSSR count). The monoisotopic (exact) mass is 304 g/mol. The molecule has 1 aliphatic heterocycles. The summed E-state index contributed by atoms with van der Waals surface area (Å²) in [4.78, 5) is 0. The molecule has 0 unspecified atom stereocenters. The van der Waals surface area contributed by atoms with Gasteiger partial charge in [0.1, 0.15) is 0 Å². The molecule has 1 heterocycles. The van der Waals surface area contributed by atoms with Gasteiger partial charge in [0.05, 0.1) is 0 Å². The minimum absolute atomic E-state index is 0.376. The Morgan fingerprint density at radius 1 is 1.11 bits per heavy atom. The van der Waals surface area contributed by atoms with E-state index in [-0.39, 0.29) is 0 Å². The Kier molecular flexibility index (Phi) is 3.40. The van der Waals surface area contributed by atoms with Crippen LogP contribution >= 0.6 is 0 Å². The molecule has 0 aromatic heterocycles. The van der Waals surface area contributed by atoms with Gasteiger partial charge in [-0.1, -0.05) is 0 Å². The van der Waals surface area contributed by atoms with Gasteiger partial charge in [-0.2, -0.15) is 0 Å². The number of ether oxygens (including phenoxy) is 1. The first-order valence-electron chi connectivity index (χ1n) is 6.26. The van der Waals surface area contributed by atoms with Gasteiger partial charge < -0.3 is 0 Å². The summed E-state index contributed by atoms with van der Waals surface area (Å²) < 4.78 is 7.53. The average Bonchev–Trinajstić information content (AvgIpc) is 2.82. The predicted octanol–water partition coefficient (Wildman–Crippen LogP) is 2.75. The fourth-order valence-electron chi connectivity index (χ4n) is 2.30. The van der Waals surface area contributed by atoms with Crippen LogP contribution in [0.3, 0.4) is 0 Å². The summed E-state index contributed by atoms with van der Waals surface area (Å²) in [5.41, 5.74) is 2.64. The van der Waals surface area contributed by atoms with E-state index in [2.05, 4.69) is 55.5 Å². The van der Waals surface area contributed by atoms with Crippen LogP contribution in [-0.2, 0) is 6.42 Å². The van der Waals surface area contributed by atoms with Crippen molar-refractivity contribution in [1.82, 2.24) is 0 Å². The third kappa shape index (κ3) is 2.45. The number of aryl methyl sites for hydroxylation is 1. The molecule has 0 saturated carbocycles. The second-order valence-corrected chi connectivity index (χ2v) is 6.93. The first kappa shape index (κ1) is 11.8. The van der Waals surface area contributed by atoms with Gasteiger partial charge in [0.15, 0.2) is 0 Å². The molecule has 2 heteroatoms. The average molecular weight is 303 g/mol. The van der Waals surface area contributed by atoms with E-state index in [1.807, 2.05) is 0 Å². The molecular weight excluding hydrogens is 287 g/mol. The zero-order valence-corrected chi connectivity index (χ0v) is 12.1. The van der Waals surface area contributed by atoms with E-state index in [9.17, 15) is 0 Å². The van der Waals surface area contributed by atoms with Crippen molar-refractivity contribution in [3.63, 3.8) is 0 Å². The van der Waals surface area contributed by atoms with Crippen LogP contribution in [0.15, 0.2) is 48.5 Å². The Morgan fingerprint density at radius 3 is 2.72 bits per heavy atom. The Bertz CT molecular complexity index is 536. The van der Waals surface area contributed by atoms with Crippen LogP contribution < -0.4 is 9.20 Å². The second-order valence-electron chi connectivity index (χ2n) is 4.63. The van der Waals surface area contributed by atoms with Crippen molar-refractivity contribution in [2.45, 2.75) is 24.8 Å². The number of benzene rings is 2. The normalized spacial score (nSPS) is 17.3. The number of hydrogen-bond donors (Lipinski definition) is 0. The molecule has 1 aliphatic rings. The van der Waals surface area contributed by atoms with Crippen molar-refractivity contribution in [1.29, 1.82) is 0 Å². The summed E-state index contributed by atoms with van der Waals surface area (Å²) in [6.07, 6.45) is 1.45. The van der Waals surface area contributed by atoms with Gasteiger partial charge in [-0.15, -0.1) is 0 Å². The van der Waals surface area contributed by atoms with Crippen molar-refractivity contribution in [3.8, 4) is 5.75 Å². The summed E-state index contributed by atoms with van der Waals surface area (Å²) in [6, 6.07) is 17.2. The number of fused-ring (bicyclic) bond motifs is 1. The van der Waals surface area contributed by atoms with Gasteiger partial charge in [-0.05, 0) is 0 Å². The van der Waals surface area contributed by atoms with E-state index in [1.54, 1.807) is 0 Å². The Morgan fingerprint density at radius 2 is 1.94 bits per heavy atom. The summed E-state index contributed by atoms with van der Waals surface area (Å²) in [5, 5.41) is 1.16. The molecule has 1 nitrogen and oxygen atoms in total. The van der Waals surface area contributed by atoms with Crippen LogP contribution in [0.4, 0.5) is 0 Å². The Balaban J connectivity index is 1.63. The van der Waals surface area contributed by atoms with Gasteiger partial charge in [0, 0.05) is 0 Å². The molecule has 0 amide bonds. The van der Waals surface area contributed by atoms with Crippen molar-refractivity contribution in [3.05, 3.63) is 59.7 Å². The first-order valence-corrected chi connectivity index (χ1v) is 8.33. The Hall–Kier alpha value is -1.24. The molecule has 0 radical (unpaired) electrons. The van der Waals surface area contributed by atoms with Crippen LogP contribution in [0, 0.1) is 6.92 Å². The van der Waals surface area contributed by atoms with Gasteiger partial charge in [-0.25, -0.2) is 0 Å². The van der Waals surface area contributed by atoms with E-state index in [4.69, 9.17) is 4.74 Å². The van der Waals surface area contributed by atoms with E-state index in [0.717, 1.165) is 17.5 Å². The van der Waals surface area contributed by atoms with Crippen molar-refractivity contribution in [2.75, 3.05) is 0 Å². The van der Waals surface area contributed by atoms with Gasteiger partial charge in [0.25, 0.3) is 0 Å². The first-order chi connectivity index (χ1) is 8.83. The Labute approximate surface area is 114 Å². The molecule has 2 aromatic rings. The molecule has 0 aliphatic carbocycles. The minimum atomic E-state index is 0.376. The van der Waals surface area contributed by atoms with E-state index in [1.165, 1.54) is 15.6 Å². The standard InChI is InChI=1S/C16H16OSe/c1-12-6-5-7-13-10-14(17-16(12)13)11-18-15-8-3-2-4-9-15/h2-9,14H,10-11H2,1H3/t14-/m1/s1. The topological polar surface area (TPSA) is 9.23 Å². The molecule has 0 fully saturated rings. The number of para-hydroxylation sites is 1. The van der Waals surface area contributed by atoms with E-state index < -0.39 is 0 Å². The van der Waals surface area contributed by atoms with Crippen LogP contribution in [0.1, 0.15) is 11.1 Å².